The van der Waals surface area contributed by atoms with E-state index in [0.717, 1.165) is 37.1 Å². The van der Waals surface area contributed by atoms with Crippen molar-refractivity contribution < 1.29 is 14.2 Å². The molecule has 1 unspecified atom stereocenters. The SMILES string of the molecule is CCCCON1C(=O)N2CC1CC[C@H]2c1cc(CNC)on1. The zero-order chi connectivity index (χ0) is 15.5. The van der Waals surface area contributed by atoms with Crippen LogP contribution in [0.25, 0.3) is 0 Å². The molecule has 22 heavy (non-hydrogen) atoms. The van der Waals surface area contributed by atoms with Crippen molar-refractivity contribution in [1.82, 2.24) is 20.4 Å². The van der Waals surface area contributed by atoms with Gasteiger partial charge in [-0.25, -0.2) is 4.79 Å². The second-order valence-electron chi connectivity index (χ2n) is 5.94. The Labute approximate surface area is 130 Å². The lowest BCUT2D eigenvalue weighted by Gasteiger charge is -2.28. The fourth-order valence-electron chi connectivity index (χ4n) is 3.16. The molecule has 0 spiro atoms. The zero-order valence-electron chi connectivity index (χ0n) is 13.2. The number of carbonyl (C=O) groups excluding carboxylic acids is 1. The summed E-state index contributed by atoms with van der Waals surface area (Å²) in [6.07, 6.45) is 3.87. The zero-order valence-corrected chi connectivity index (χ0v) is 13.2. The number of hydrogen-bond acceptors (Lipinski definition) is 5. The van der Waals surface area contributed by atoms with E-state index in [1.807, 2.05) is 18.0 Å². The lowest BCUT2D eigenvalue weighted by Crippen LogP contribution is -2.34. The van der Waals surface area contributed by atoms with Gasteiger partial charge in [0, 0.05) is 12.6 Å². The molecule has 1 aromatic rings. The first-order valence-corrected chi connectivity index (χ1v) is 8.07. The number of fused-ring (bicyclic) bond motifs is 2. The highest BCUT2D eigenvalue weighted by atomic mass is 16.7. The number of nitrogens with one attached hydrogen (secondary N) is 1. The van der Waals surface area contributed by atoms with Crippen LogP contribution < -0.4 is 5.32 Å². The summed E-state index contributed by atoms with van der Waals surface area (Å²) >= 11 is 0. The van der Waals surface area contributed by atoms with Crippen LogP contribution in [0.4, 0.5) is 4.79 Å². The summed E-state index contributed by atoms with van der Waals surface area (Å²) in [6.45, 7) is 4.07. The number of hydroxylamine groups is 2. The molecule has 3 heterocycles. The second-order valence-corrected chi connectivity index (χ2v) is 5.94. The summed E-state index contributed by atoms with van der Waals surface area (Å²) in [5.74, 6) is 0.794. The van der Waals surface area contributed by atoms with E-state index in [-0.39, 0.29) is 18.1 Å². The van der Waals surface area contributed by atoms with Gasteiger partial charge in [-0.05, 0) is 26.3 Å². The average molecular weight is 308 g/mol. The maximum Gasteiger partial charge on any atom is 0.344 e. The first-order valence-electron chi connectivity index (χ1n) is 8.07. The van der Waals surface area contributed by atoms with Crippen LogP contribution in [0.2, 0.25) is 0 Å². The molecule has 0 aromatic carbocycles. The van der Waals surface area contributed by atoms with Crippen LogP contribution in [0.1, 0.15) is 50.1 Å². The molecule has 1 N–H and O–H groups in total. The average Bonchev–Trinajstić information content (AvgIpc) is 3.07. The van der Waals surface area contributed by atoms with E-state index in [1.54, 1.807) is 5.06 Å². The standard InChI is InChI=1S/C15H24N4O3/c1-3-4-7-21-19-11-5-6-14(18(10-11)15(19)20)13-8-12(9-16-2)22-17-13/h8,11,14,16H,3-7,9-10H2,1-2H3/t11?,14-/m0/s1. The minimum absolute atomic E-state index is 0.00196. The lowest BCUT2D eigenvalue weighted by molar-refractivity contribution is -0.130. The number of piperidine rings is 1. The van der Waals surface area contributed by atoms with Crippen LogP contribution in [0.3, 0.4) is 0 Å². The van der Waals surface area contributed by atoms with Crippen molar-refractivity contribution in [3.8, 4) is 0 Å². The molecule has 2 fully saturated rings. The van der Waals surface area contributed by atoms with Gasteiger partial charge in [0.15, 0.2) is 5.76 Å². The molecule has 3 rings (SSSR count). The first kappa shape index (κ1) is 15.3. The monoisotopic (exact) mass is 308 g/mol. The Balaban J connectivity index is 1.68. The quantitative estimate of drug-likeness (QED) is 0.781. The molecule has 0 aliphatic carbocycles. The third-order valence-electron chi connectivity index (χ3n) is 4.32. The van der Waals surface area contributed by atoms with Crippen LogP contribution in [-0.4, -0.2) is 47.4 Å². The van der Waals surface area contributed by atoms with Crippen LogP contribution in [0, 0.1) is 0 Å². The van der Waals surface area contributed by atoms with Crippen molar-refractivity contribution in [2.75, 3.05) is 20.2 Å². The van der Waals surface area contributed by atoms with Crippen molar-refractivity contribution in [1.29, 1.82) is 0 Å². The number of unbranched alkanes of at least 4 members (excludes halogenated alkanes) is 1. The van der Waals surface area contributed by atoms with Gasteiger partial charge in [0.25, 0.3) is 0 Å². The lowest BCUT2D eigenvalue weighted by atomic mass is 9.98. The van der Waals surface area contributed by atoms with Gasteiger partial charge in [0.1, 0.15) is 5.69 Å². The van der Waals surface area contributed by atoms with E-state index in [9.17, 15) is 4.79 Å². The summed E-state index contributed by atoms with van der Waals surface area (Å²) in [7, 11) is 1.86. The predicted octanol–water partition coefficient (Wildman–Crippen LogP) is 2.07. The Hall–Kier alpha value is -1.60. The van der Waals surface area contributed by atoms with E-state index in [0.29, 0.717) is 19.7 Å². The molecule has 7 heteroatoms. The Kier molecular flexibility index (Phi) is 4.63. The van der Waals surface area contributed by atoms with Gasteiger partial charge in [-0.1, -0.05) is 18.5 Å². The van der Waals surface area contributed by atoms with E-state index in [2.05, 4.69) is 17.4 Å². The molecule has 7 nitrogen and oxygen atoms in total. The van der Waals surface area contributed by atoms with Gasteiger partial charge in [-0.2, -0.15) is 5.06 Å². The summed E-state index contributed by atoms with van der Waals surface area (Å²) in [5.41, 5.74) is 0.840. The van der Waals surface area contributed by atoms with Crippen LogP contribution in [0.5, 0.6) is 0 Å². The minimum Gasteiger partial charge on any atom is -0.360 e. The molecule has 0 radical (unpaired) electrons. The molecule has 0 saturated carbocycles. The Morgan fingerprint density at radius 3 is 3.14 bits per heavy atom. The van der Waals surface area contributed by atoms with E-state index in [1.165, 1.54) is 0 Å². The van der Waals surface area contributed by atoms with Gasteiger partial charge < -0.3 is 14.7 Å². The molecule has 2 aliphatic rings. The number of amides is 2. The smallest absolute Gasteiger partial charge is 0.344 e. The van der Waals surface area contributed by atoms with E-state index < -0.39 is 0 Å². The predicted molar refractivity (Wildman–Crippen MR) is 79.8 cm³/mol. The molecule has 2 saturated heterocycles. The maximum atomic E-state index is 12.6. The molecule has 122 valence electrons. The molecule has 2 bridgehead atoms. The summed E-state index contributed by atoms with van der Waals surface area (Å²) < 4.78 is 5.31. The minimum atomic E-state index is -0.0400. The highest BCUT2D eigenvalue weighted by Crippen LogP contribution is 2.38. The molecule has 2 amide bonds. The van der Waals surface area contributed by atoms with E-state index in [4.69, 9.17) is 9.36 Å². The Morgan fingerprint density at radius 2 is 2.36 bits per heavy atom. The van der Waals surface area contributed by atoms with Crippen molar-refractivity contribution in [2.24, 2.45) is 0 Å². The number of nitrogens with zero attached hydrogens (tertiary/aromatic N) is 3. The van der Waals surface area contributed by atoms with Gasteiger partial charge >= 0.3 is 6.03 Å². The van der Waals surface area contributed by atoms with Gasteiger partial charge in [0.05, 0.1) is 25.2 Å². The van der Waals surface area contributed by atoms with E-state index >= 15 is 0 Å². The first-order chi connectivity index (χ1) is 10.7. The largest absolute Gasteiger partial charge is 0.360 e. The Morgan fingerprint density at radius 1 is 1.50 bits per heavy atom. The fraction of sp³-hybridized carbons (Fsp3) is 0.733. The summed E-state index contributed by atoms with van der Waals surface area (Å²) in [5, 5.41) is 8.75. The Bertz CT molecular complexity index is 519. The van der Waals surface area contributed by atoms with Crippen LogP contribution in [0.15, 0.2) is 10.6 Å². The topological polar surface area (TPSA) is 70.8 Å². The number of rotatable bonds is 7. The van der Waals surface area contributed by atoms with Crippen molar-refractivity contribution in [3.63, 3.8) is 0 Å². The molecular weight excluding hydrogens is 284 g/mol. The van der Waals surface area contributed by atoms with Crippen molar-refractivity contribution in [2.45, 2.75) is 51.2 Å². The van der Waals surface area contributed by atoms with Crippen molar-refractivity contribution in [3.05, 3.63) is 17.5 Å². The fourth-order valence-corrected chi connectivity index (χ4v) is 3.16. The highest BCUT2D eigenvalue weighted by molar-refractivity contribution is 5.77. The third kappa shape index (κ3) is 2.83. The molecule has 2 aliphatic heterocycles. The maximum absolute atomic E-state index is 12.6. The van der Waals surface area contributed by atoms with Crippen LogP contribution >= 0.6 is 0 Å². The third-order valence-corrected chi connectivity index (χ3v) is 4.32. The normalized spacial score (nSPS) is 24.4. The molecule has 1 aromatic heterocycles. The highest BCUT2D eigenvalue weighted by Gasteiger charge is 2.46. The van der Waals surface area contributed by atoms with Gasteiger partial charge in [0.2, 0.25) is 0 Å². The molecule has 2 atom stereocenters. The molecular formula is C15H24N4O3. The van der Waals surface area contributed by atoms with Crippen LogP contribution in [-0.2, 0) is 11.4 Å². The number of aromatic nitrogens is 1. The summed E-state index contributed by atoms with van der Waals surface area (Å²) in [6, 6.07) is 2.07. The van der Waals surface area contributed by atoms with Gasteiger partial charge in [-0.3, -0.25) is 4.84 Å². The van der Waals surface area contributed by atoms with Crippen molar-refractivity contribution >= 4 is 6.03 Å². The number of urea groups is 1. The van der Waals surface area contributed by atoms with Gasteiger partial charge in [-0.15, -0.1) is 0 Å². The number of hydrogen-bond donors (Lipinski definition) is 1. The number of carbonyl (C=O) groups is 1. The second kappa shape index (κ2) is 6.66. The summed E-state index contributed by atoms with van der Waals surface area (Å²) in [4.78, 5) is 20.1.